The number of esters is 1. The van der Waals surface area contributed by atoms with E-state index in [0.29, 0.717) is 27.8 Å². The van der Waals surface area contributed by atoms with Crippen molar-refractivity contribution in [3.8, 4) is 17.2 Å². The van der Waals surface area contributed by atoms with E-state index in [4.69, 9.17) is 33.8 Å². The summed E-state index contributed by atoms with van der Waals surface area (Å²) >= 11 is 2.59. The third-order valence-electron chi connectivity index (χ3n) is 15.4. The topological polar surface area (TPSA) is 183 Å². The Balaban J connectivity index is 0.925. The lowest BCUT2D eigenvalue weighted by atomic mass is 9.77. The fraction of sp³-hybridized carbons (Fsp3) is 0.123. The number of nitrogens with zero attached hydrogens (tertiary/aromatic N) is 4. The number of benzene rings is 8. The molecule has 0 radical (unpaired) electrons. The highest BCUT2D eigenvalue weighted by molar-refractivity contribution is 8.00. The Morgan fingerprint density at radius 2 is 1.23 bits per heavy atom. The molecule has 17 heteroatoms. The van der Waals surface area contributed by atoms with Crippen molar-refractivity contribution < 1.29 is 43.3 Å². The summed E-state index contributed by atoms with van der Waals surface area (Å²) in [7, 11) is 1.57. The van der Waals surface area contributed by atoms with Crippen LogP contribution in [0.25, 0.3) is 0 Å². The minimum absolute atomic E-state index is 0.0399. The first-order valence-electron chi connectivity index (χ1n) is 29.0. The molecule has 2 amide bonds. The zero-order chi connectivity index (χ0) is 61.8. The lowest BCUT2D eigenvalue weighted by molar-refractivity contribution is -0.170. The molecule has 3 atom stereocenters. The smallest absolute Gasteiger partial charge is 0.355 e. The average molecular weight is 1230 g/mol. The van der Waals surface area contributed by atoms with Gasteiger partial charge in [-0.2, -0.15) is 0 Å². The molecule has 15 nitrogen and oxygen atoms in total. The lowest BCUT2D eigenvalue weighted by Crippen LogP contribution is -2.71. The number of nitrogens with one attached hydrogen (secondary N) is 2. The van der Waals surface area contributed by atoms with Crippen molar-refractivity contribution in [2.45, 2.75) is 42.1 Å². The molecule has 8 aromatic carbocycles. The van der Waals surface area contributed by atoms with Gasteiger partial charge in [0.15, 0.2) is 22.3 Å². The predicted octanol–water partition coefficient (Wildman–Crippen LogP) is 13.6. The molecule has 2 aliphatic rings. The van der Waals surface area contributed by atoms with E-state index in [0.717, 1.165) is 38.9 Å². The molecule has 0 spiro atoms. The molecular weight excluding hydrogens is 1170 g/mol. The Morgan fingerprint density at radius 3 is 1.73 bits per heavy atom. The Hall–Kier alpha value is -10.6. The summed E-state index contributed by atoms with van der Waals surface area (Å²) in [5.41, 5.74) is 6.00. The highest BCUT2D eigenvalue weighted by Gasteiger charge is 2.54. The third-order valence-corrected chi connectivity index (χ3v) is 17.5. The number of carbonyl (C=O) groups is 3. The van der Waals surface area contributed by atoms with Gasteiger partial charge in [-0.05, 0) is 62.2 Å². The van der Waals surface area contributed by atoms with Crippen LogP contribution in [0.4, 0.5) is 5.13 Å². The van der Waals surface area contributed by atoms with E-state index < -0.39 is 53.2 Å². The second-order valence-corrected chi connectivity index (χ2v) is 22.9. The molecule has 448 valence electrons. The minimum Gasteiger partial charge on any atom is -0.504 e. The van der Waals surface area contributed by atoms with Crippen LogP contribution < -0.4 is 20.1 Å². The third kappa shape index (κ3) is 12.9. The van der Waals surface area contributed by atoms with Crippen molar-refractivity contribution in [3.63, 3.8) is 0 Å². The molecule has 3 N–H and O–H groups in total. The fourth-order valence-corrected chi connectivity index (χ4v) is 13.0. The van der Waals surface area contributed by atoms with Crippen LogP contribution in [0.3, 0.4) is 0 Å². The number of hydrogen-bond donors (Lipinski definition) is 3. The summed E-state index contributed by atoms with van der Waals surface area (Å²) in [4.78, 5) is 61.8. The van der Waals surface area contributed by atoms with Crippen molar-refractivity contribution >= 4 is 51.7 Å². The zero-order valence-corrected chi connectivity index (χ0v) is 50.3. The number of aromatic nitrogens is 2. The number of pyridine rings is 1. The maximum Gasteiger partial charge on any atom is 0.355 e. The molecule has 0 saturated carbocycles. The summed E-state index contributed by atoms with van der Waals surface area (Å²) in [5, 5.41) is 24.7. The zero-order valence-electron chi connectivity index (χ0n) is 48.7. The van der Waals surface area contributed by atoms with Gasteiger partial charge in [-0.15, -0.1) is 23.1 Å². The van der Waals surface area contributed by atoms with Gasteiger partial charge < -0.3 is 39.5 Å². The van der Waals surface area contributed by atoms with Crippen LogP contribution in [0.2, 0.25) is 0 Å². The monoisotopic (exact) mass is 1230 g/mol. The normalized spacial score (nSPS) is 15.1. The van der Waals surface area contributed by atoms with Crippen LogP contribution >= 0.6 is 23.1 Å². The van der Waals surface area contributed by atoms with Gasteiger partial charge in [0.2, 0.25) is 0 Å². The molecule has 1 saturated heterocycles. The highest BCUT2D eigenvalue weighted by Crippen LogP contribution is 2.44. The maximum absolute atomic E-state index is 15.4. The van der Waals surface area contributed by atoms with Gasteiger partial charge in [-0.3, -0.25) is 19.5 Å². The Morgan fingerprint density at radius 1 is 0.722 bits per heavy atom. The number of thioether (sulfide) groups is 1. The molecule has 10 aromatic rings. The van der Waals surface area contributed by atoms with Crippen molar-refractivity contribution in [2.75, 3.05) is 18.2 Å². The number of carbonyl (C=O) groups excluding carboxylic acids is 3. The van der Waals surface area contributed by atoms with Crippen molar-refractivity contribution in [2.24, 2.45) is 5.16 Å². The summed E-state index contributed by atoms with van der Waals surface area (Å²) in [6.07, 6.45) is -0.0510. The van der Waals surface area contributed by atoms with E-state index in [1.54, 1.807) is 36.8 Å². The molecule has 4 heterocycles. The number of allylic oxidation sites excluding steroid dienone is 1. The molecule has 12 rings (SSSR count). The first kappa shape index (κ1) is 59.7. The first-order chi connectivity index (χ1) is 44.2. The average Bonchev–Trinajstić information content (AvgIpc) is 0.829. The number of fused-ring (bicyclic) bond motifs is 1. The quantitative estimate of drug-likeness (QED) is 0.0130. The van der Waals surface area contributed by atoms with E-state index in [9.17, 15) is 14.7 Å². The van der Waals surface area contributed by atoms with Gasteiger partial charge >= 0.3 is 5.97 Å². The molecule has 0 aliphatic carbocycles. The number of methoxy groups -OCH3 is 1. The van der Waals surface area contributed by atoms with Gasteiger partial charge in [-0.25, -0.2) is 9.78 Å². The Labute approximate surface area is 529 Å². The van der Waals surface area contributed by atoms with Crippen LogP contribution in [-0.4, -0.2) is 67.7 Å². The van der Waals surface area contributed by atoms with Gasteiger partial charge in [0.25, 0.3) is 18.1 Å². The summed E-state index contributed by atoms with van der Waals surface area (Å²) in [6, 6.07) is 75.7. The van der Waals surface area contributed by atoms with Crippen LogP contribution in [0.5, 0.6) is 17.2 Å². The lowest BCUT2D eigenvalue weighted by Gasteiger charge is -2.49. The van der Waals surface area contributed by atoms with Crippen molar-refractivity contribution in [1.82, 2.24) is 20.2 Å². The molecule has 2 aromatic heterocycles. The molecule has 2 aliphatic heterocycles. The molecule has 1 unspecified atom stereocenters. The molecule has 90 heavy (non-hydrogen) atoms. The fourth-order valence-electron chi connectivity index (χ4n) is 10.9. The number of thiazole rings is 1. The number of anilines is 1. The van der Waals surface area contributed by atoms with E-state index >= 15 is 4.79 Å². The second-order valence-electron chi connectivity index (χ2n) is 21.0. The van der Waals surface area contributed by atoms with Crippen LogP contribution in [-0.2, 0) is 40.8 Å². The molecule has 1 fully saturated rings. The van der Waals surface area contributed by atoms with E-state index in [1.807, 2.05) is 212 Å². The number of aromatic hydroxyl groups is 1. The Kier molecular flexibility index (Phi) is 18.3. The van der Waals surface area contributed by atoms with Crippen molar-refractivity contribution in [1.29, 1.82) is 0 Å². The standard InChI is InChI=1S/C73H60N6O9S2/c1-3-49-46-89-69-63(68(82)79(69)64(49)70(83)85-45-48-39-41-57(84-2)42-40-48)76-67(81)62(59-47-90-72(75-59)77-73(54-33-19-8-20-34-54,55-35-21-9-22-36-55)56-37-23-10-24-38-56)78-88-71(87-66(52-29-15-6-16-30-52)53-31-17-7-18-32-53)58-43-60(80)61(44-74-58)86-65(50-25-11-4-12-26-50)51-27-13-5-14-28-51/h3-44,47,63,65-66,69,71H,1,45-46H2,2H3,(H,74,80)(H,75,77)(H,76,81)/t63-,69-,71?/m1/s1. The number of ether oxygens (including phenoxy) is 4. The number of amides is 2. The van der Waals surface area contributed by atoms with Crippen LogP contribution in [0.1, 0.15) is 74.4 Å². The predicted molar refractivity (Wildman–Crippen MR) is 347 cm³/mol. The van der Waals surface area contributed by atoms with Gasteiger partial charge in [0.05, 0.1) is 13.3 Å². The number of rotatable bonds is 24. The summed E-state index contributed by atoms with van der Waals surface area (Å²) < 4.78 is 24.7. The second kappa shape index (κ2) is 27.6. The minimum atomic E-state index is -1.54. The first-order valence-corrected chi connectivity index (χ1v) is 30.9. The summed E-state index contributed by atoms with van der Waals surface area (Å²) in [6.45, 7) is 3.87. The molecular formula is C73H60N6O9S2. The largest absolute Gasteiger partial charge is 0.504 e. The highest BCUT2D eigenvalue weighted by atomic mass is 32.2. The van der Waals surface area contributed by atoms with Gasteiger partial charge in [0, 0.05) is 17.2 Å². The van der Waals surface area contributed by atoms with Gasteiger partial charge in [0.1, 0.15) is 58.6 Å². The van der Waals surface area contributed by atoms with Crippen LogP contribution in [0.15, 0.2) is 283 Å². The SMILES string of the molecule is C=CC1=C(C(=O)OCc2ccc(OC)cc2)N2C(=O)[C@@H](NC(=O)C(=NOC(OC(c3ccccc3)c3ccccc3)c3cc(O)c(OC(c4ccccc4)c4ccccc4)cn3)c3csc(NC(c4ccccc4)(c4ccccc4)c4ccccc4)n3)[C@H]2SC1. The van der Waals surface area contributed by atoms with E-state index in [2.05, 4.69) is 22.4 Å². The van der Waals surface area contributed by atoms with Crippen LogP contribution in [0, 0.1) is 0 Å². The number of hydrogen-bond acceptors (Lipinski definition) is 15. The van der Waals surface area contributed by atoms with Crippen molar-refractivity contribution in [3.05, 3.63) is 334 Å². The van der Waals surface area contributed by atoms with E-state index in [1.165, 1.54) is 46.3 Å². The number of β-lactam (4-membered cyclic amide) rings is 1. The summed E-state index contributed by atoms with van der Waals surface area (Å²) in [5.74, 6) is -1.38. The number of oxime groups is 1. The van der Waals surface area contributed by atoms with Gasteiger partial charge in [-0.1, -0.05) is 242 Å². The maximum atomic E-state index is 15.4. The Bertz CT molecular complexity index is 3990. The molecule has 0 bridgehead atoms. The van der Waals surface area contributed by atoms with E-state index in [-0.39, 0.29) is 40.9 Å².